The Hall–Kier alpha value is -1.000. The first-order chi connectivity index (χ1) is 7.93. The van der Waals surface area contributed by atoms with Gasteiger partial charge in [0.15, 0.2) is 5.78 Å². The summed E-state index contributed by atoms with van der Waals surface area (Å²) < 4.78 is 0. The second kappa shape index (κ2) is 6.07. The maximum Gasteiger partial charge on any atom is 0.153 e. The van der Waals surface area contributed by atoms with Crippen molar-refractivity contribution >= 4 is 17.1 Å². The van der Waals surface area contributed by atoms with Gasteiger partial charge in [-0.3, -0.25) is 4.79 Å². The van der Waals surface area contributed by atoms with Gasteiger partial charge in [-0.1, -0.05) is 26.8 Å². The highest BCUT2D eigenvalue weighted by Crippen LogP contribution is 2.23. The van der Waals surface area contributed by atoms with Crippen molar-refractivity contribution in [3.05, 3.63) is 28.7 Å². The molecule has 0 radical (unpaired) electrons. The predicted octanol–water partition coefficient (Wildman–Crippen LogP) is 2.33. The number of hydrogen-bond donors (Lipinski definition) is 1. The molecule has 1 aromatic rings. The number of aromatic nitrogens is 1. The van der Waals surface area contributed by atoms with Gasteiger partial charge < -0.3 is 5.32 Å². The van der Waals surface area contributed by atoms with E-state index < -0.39 is 0 Å². The molecule has 94 valence electrons. The third kappa shape index (κ3) is 4.79. The van der Waals surface area contributed by atoms with E-state index in [0.717, 1.165) is 10.7 Å². The molecule has 0 aliphatic heterocycles. The summed E-state index contributed by atoms with van der Waals surface area (Å²) in [6.45, 7) is 11.0. The van der Waals surface area contributed by atoms with Gasteiger partial charge in [0.1, 0.15) is 5.01 Å². The lowest BCUT2D eigenvalue weighted by atomic mass is 9.93. The fraction of sp³-hybridized carbons (Fsp3) is 0.538. The highest BCUT2D eigenvalue weighted by Gasteiger charge is 2.18. The smallest absolute Gasteiger partial charge is 0.153 e. The van der Waals surface area contributed by atoms with E-state index in [1.807, 2.05) is 5.38 Å². The molecule has 0 saturated heterocycles. The Morgan fingerprint density at radius 1 is 1.59 bits per heavy atom. The number of ketones is 1. The molecule has 3 nitrogen and oxygen atoms in total. The van der Waals surface area contributed by atoms with Crippen molar-refractivity contribution < 1.29 is 4.79 Å². The third-order valence-electron chi connectivity index (χ3n) is 2.28. The molecule has 0 amide bonds. The highest BCUT2D eigenvalue weighted by atomic mass is 32.1. The third-order valence-corrected chi connectivity index (χ3v) is 3.13. The molecule has 1 rings (SSSR count). The van der Waals surface area contributed by atoms with E-state index in [9.17, 15) is 4.79 Å². The van der Waals surface area contributed by atoms with Crippen molar-refractivity contribution in [1.82, 2.24) is 10.3 Å². The van der Waals surface area contributed by atoms with E-state index in [-0.39, 0.29) is 11.2 Å². The first-order valence-corrected chi connectivity index (χ1v) is 6.59. The van der Waals surface area contributed by atoms with Crippen LogP contribution in [0.2, 0.25) is 0 Å². The molecule has 1 aromatic heterocycles. The van der Waals surface area contributed by atoms with Gasteiger partial charge in [0.2, 0.25) is 0 Å². The first-order valence-electron chi connectivity index (χ1n) is 5.71. The van der Waals surface area contributed by atoms with Gasteiger partial charge in [0, 0.05) is 17.3 Å². The highest BCUT2D eigenvalue weighted by molar-refractivity contribution is 7.09. The van der Waals surface area contributed by atoms with Crippen LogP contribution in [0.1, 0.15) is 31.5 Å². The van der Waals surface area contributed by atoms with Crippen LogP contribution in [-0.2, 0) is 16.6 Å². The van der Waals surface area contributed by atoms with Crippen molar-refractivity contribution in [2.24, 2.45) is 0 Å². The minimum absolute atomic E-state index is 0.0545. The molecule has 0 aliphatic rings. The van der Waals surface area contributed by atoms with Crippen molar-refractivity contribution in [3.63, 3.8) is 0 Å². The van der Waals surface area contributed by atoms with E-state index in [0.29, 0.717) is 19.5 Å². The summed E-state index contributed by atoms with van der Waals surface area (Å²) in [5, 5.41) is 5.95. The topological polar surface area (TPSA) is 42.0 Å². The Bertz CT molecular complexity index is 390. The molecule has 17 heavy (non-hydrogen) atoms. The van der Waals surface area contributed by atoms with Crippen molar-refractivity contribution in [1.29, 1.82) is 0 Å². The lowest BCUT2D eigenvalue weighted by Gasteiger charge is -2.14. The Kier molecular flexibility index (Phi) is 5.02. The number of rotatable bonds is 6. The van der Waals surface area contributed by atoms with Crippen LogP contribution in [0.3, 0.4) is 0 Å². The minimum atomic E-state index is 0.0545. The van der Waals surface area contributed by atoms with E-state index in [2.05, 4.69) is 37.7 Å². The average molecular weight is 252 g/mol. The van der Waals surface area contributed by atoms with Crippen LogP contribution in [-0.4, -0.2) is 23.9 Å². The van der Waals surface area contributed by atoms with Gasteiger partial charge in [0.25, 0.3) is 0 Å². The van der Waals surface area contributed by atoms with Crippen LogP contribution in [0.15, 0.2) is 18.0 Å². The zero-order valence-electron chi connectivity index (χ0n) is 10.7. The quantitative estimate of drug-likeness (QED) is 0.624. The molecular formula is C13H20N2OS. The van der Waals surface area contributed by atoms with Crippen LogP contribution >= 0.6 is 11.3 Å². The summed E-state index contributed by atoms with van der Waals surface area (Å²) >= 11 is 1.56. The molecule has 0 saturated carbocycles. The molecule has 0 unspecified atom stereocenters. The number of nitrogens with one attached hydrogen (secondary N) is 1. The van der Waals surface area contributed by atoms with Crippen LogP contribution in [0.5, 0.6) is 0 Å². The second-order valence-electron chi connectivity index (χ2n) is 5.01. The maximum atomic E-state index is 11.6. The fourth-order valence-electron chi connectivity index (χ4n) is 1.28. The van der Waals surface area contributed by atoms with E-state index in [4.69, 9.17) is 0 Å². The van der Waals surface area contributed by atoms with Gasteiger partial charge in [-0.2, -0.15) is 0 Å². The Balaban J connectivity index is 2.49. The monoisotopic (exact) mass is 252 g/mol. The predicted molar refractivity (Wildman–Crippen MR) is 72.6 cm³/mol. The van der Waals surface area contributed by atoms with Crippen LogP contribution < -0.4 is 5.32 Å². The normalized spacial score (nSPS) is 11.5. The molecule has 1 N–H and O–H groups in total. The summed E-state index contributed by atoms with van der Waals surface area (Å²) in [4.78, 5) is 16.1. The molecular weight excluding hydrogens is 232 g/mol. The number of nitrogens with zero attached hydrogens (tertiary/aromatic N) is 1. The first kappa shape index (κ1) is 14.1. The van der Waals surface area contributed by atoms with Gasteiger partial charge in [-0.25, -0.2) is 4.98 Å². The Labute approximate surface area is 107 Å². The summed E-state index contributed by atoms with van der Waals surface area (Å²) in [7, 11) is 0. The van der Waals surface area contributed by atoms with Crippen LogP contribution in [0.4, 0.5) is 0 Å². The van der Waals surface area contributed by atoms with E-state index >= 15 is 0 Å². The van der Waals surface area contributed by atoms with Crippen LogP contribution in [0, 0.1) is 0 Å². The SMILES string of the molecule is C=CCNCC(=O)Cc1nc(C(C)(C)C)cs1. The number of hydrogen-bond acceptors (Lipinski definition) is 4. The number of carbonyl (C=O) groups is 1. The zero-order chi connectivity index (χ0) is 12.9. The molecule has 0 fully saturated rings. The second-order valence-corrected chi connectivity index (χ2v) is 5.95. The molecule has 0 aliphatic carbocycles. The molecule has 1 heterocycles. The number of Topliss-reactive ketones (excluding diaryl/α,β-unsaturated/α-hetero) is 1. The van der Waals surface area contributed by atoms with E-state index in [1.54, 1.807) is 17.4 Å². The number of carbonyl (C=O) groups excluding carboxylic acids is 1. The molecule has 0 atom stereocenters. The number of thiazole rings is 1. The lowest BCUT2D eigenvalue weighted by molar-refractivity contribution is -0.117. The summed E-state index contributed by atoms with van der Waals surface area (Å²) in [6.07, 6.45) is 2.17. The Morgan fingerprint density at radius 3 is 2.82 bits per heavy atom. The van der Waals surface area contributed by atoms with Crippen molar-refractivity contribution in [3.8, 4) is 0 Å². The van der Waals surface area contributed by atoms with Crippen LogP contribution in [0.25, 0.3) is 0 Å². The molecule has 4 heteroatoms. The standard InChI is InChI=1S/C13H20N2OS/c1-5-6-14-8-10(16)7-12-15-11(9-17-12)13(2,3)4/h5,9,14H,1,6-8H2,2-4H3. The summed E-state index contributed by atoms with van der Waals surface area (Å²) in [5.41, 5.74) is 1.11. The fourth-order valence-corrected chi connectivity index (χ4v) is 2.33. The van der Waals surface area contributed by atoms with Crippen molar-refractivity contribution in [2.45, 2.75) is 32.6 Å². The summed E-state index contributed by atoms with van der Waals surface area (Å²) in [5.74, 6) is 0.168. The molecule has 0 aromatic carbocycles. The molecule has 0 spiro atoms. The van der Waals surface area contributed by atoms with Gasteiger partial charge in [-0.05, 0) is 0 Å². The van der Waals surface area contributed by atoms with Gasteiger partial charge in [0.05, 0.1) is 18.7 Å². The van der Waals surface area contributed by atoms with Gasteiger partial charge in [-0.15, -0.1) is 17.9 Å². The lowest BCUT2D eigenvalue weighted by Crippen LogP contribution is -2.24. The maximum absolute atomic E-state index is 11.6. The largest absolute Gasteiger partial charge is 0.307 e. The zero-order valence-corrected chi connectivity index (χ0v) is 11.6. The average Bonchev–Trinajstić information content (AvgIpc) is 2.66. The minimum Gasteiger partial charge on any atom is -0.307 e. The Morgan fingerprint density at radius 2 is 2.29 bits per heavy atom. The van der Waals surface area contributed by atoms with E-state index in [1.165, 1.54) is 0 Å². The molecule has 0 bridgehead atoms. The van der Waals surface area contributed by atoms with Crippen molar-refractivity contribution in [2.75, 3.05) is 13.1 Å². The summed E-state index contributed by atoms with van der Waals surface area (Å²) in [6, 6.07) is 0. The van der Waals surface area contributed by atoms with Gasteiger partial charge >= 0.3 is 0 Å².